The summed E-state index contributed by atoms with van der Waals surface area (Å²) in [5, 5.41) is 6.69. The van der Waals surface area contributed by atoms with Crippen molar-refractivity contribution >= 4 is 5.91 Å². The Hall–Kier alpha value is -2.10. The van der Waals surface area contributed by atoms with Crippen LogP contribution in [0.15, 0.2) is 40.9 Å². The smallest absolute Gasteiger partial charge is 0.289 e. The molecule has 1 heterocycles. The molecular weight excluding hydrogens is 228 g/mol. The fourth-order valence-corrected chi connectivity index (χ4v) is 1.51. The molecule has 4 heteroatoms. The molecule has 4 nitrogen and oxygen atoms in total. The van der Waals surface area contributed by atoms with Crippen molar-refractivity contribution in [1.29, 1.82) is 0 Å². The summed E-state index contributed by atoms with van der Waals surface area (Å²) in [5.41, 5.74) is 1.61. The van der Waals surface area contributed by atoms with E-state index in [-0.39, 0.29) is 11.7 Å². The number of benzene rings is 1. The van der Waals surface area contributed by atoms with E-state index in [0.717, 1.165) is 5.56 Å². The van der Waals surface area contributed by atoms with Gasteiger partial charge in [0.15, 0.2) is 0 Å². The summed E-state index contributed by atoms with van der Waals surface area (Å²) in [6.07, 6.45) is 0. The lowest BCUT2D eigenvalue weighted by Gasteiger charge is -2.04. The van der Waals surface area contributed by atoms with Gasteiger partial charge in [-0.25, -0.2) is 0 Å². The third-order valence-electron chi connectivity index (χ3n) is 2.47. The molecule has 0 aliphatic carbocycles. The molecule has 0 aliphatic rings. The maximum atomic E-state index is 11.7. The van der Waals surface area contributed by atoms with Crippen LogP contribution in [0.1, 0.15) is 24.4 Å². The Kier molecular flexibility index (Phi) is 3.77. The summed E-state index contributed by atoms with van der Waals surface area (Å²) in [6, 6.07) is 11.3. The number of amides is 1. The highest BCUT2D eigenvalue weighted by Gasteiger charge is 2.13. The van der Waals surface area contributed by atoms with Gasteiger partial charge in [0.2, 0.25) is 5.76 Å². The third kappa shape index (κ3) is 2.97. The predicted molar refractivity (Wildman–Crippen MR) is 69.1 cm³/mol. The van der Waals surface area contributed by atoms with Gasteiger partial charge in [0.05, 0.1) is 0 Å². The lowest BCUT2D eigenvalue weighted by Crippen LogP contribution is -2.26. The van der Waals surface area contributed by atoms with Gasteiger partial charge in [-0.15, -0.1) is 0 Å². The molecule has 1 aromatic carbocycles. The fraction of sp³-hybridized carbons (Fsp3) is 0.286. The highest BCUT2D eigenvalue weighted by Crippen LogP contribution is 2.18. The Morgan fingerprint density at radius 2 is 2.06 bits per heavy atom. The van der Waals surface area contributed by atoms with Crippen LogP contribution in [0.25, 0.3) is 11.3 Å². The van der Waals surface area contributed by atoms with Crippen molar-refractivity contribution in [2.24, 2.45) is 5.92 Å². The van der Waals surface area contributed by atoms with Gasteiger partial charge >= 0.3 is 0 Å². The Morgan fingerprint density at radius 3 is 2.72 bits per heavy atom. The molecule has 1 aromatic heterocycles. The molecule has 18 heavy (non-hydrogen) atoms. The van der Waals surface area contributed by atoms with E-state index >= 15 is 0 Å². The molecule has 94 valence electrons. The first-order chi connectivity index (χ1) is 8.66. The molecule has 0 spiro atoms. The summed E-state index contributed by atoms with van der Waals surface area (Å²) >= 11 is 0. The van der Waals surface area contributed by atoms with E-state index in [1.54, 1.807) is 6.07 Å². The summed E-state index contributed by atoms with van der Waals surface area (Å²) in [4.78, 5) is 11.7. The first-order valence-corrected chi connectivity index (χ1v) is 5.97. The highest BCUT2D eigenvalue weighted by molar-refractivity contribution is 5.92. The van der Waals surface area contributed by atoms with Crippen LogP contribution in [-0.2, 0) is 0 Å². The van der Waals surface area contributed by atoms with Crippen LogP contribution in [-0.4, -0.2) is 17.6 Å². The summed E-state index contributed by atoms with van der Waals surface area (Å²) < 4.78 is 5.05. The first kappa shape index (κ1) is 12.4. The van der Waals surface area contributed by atoms with Crippen LogP contribution in [0.5, 0.6) is 0 Å². The van der Waals surface area contributed by atoms with Gasteiger partial charge in [0.1, 0.15) is 5.69 Å². The number of carbonyl (C=O) groups is 1. The second-order valence-corrected chi connectivity index (χ2v) is 4.55. The number of nitrogens with one attached hydrogen (secondary N) is 1. The Labute approximate surface area is 106 Å². The van der Waals surface area contributed by atoms with Crippen molar-refractivity contribution in [2.45, 2.75) is 13.8 Å². The molecule has 2 rings (SSSR count). The molecule has 1 amide bonds. The van der Waals surface area contributed by atoms with Gasteiger partial charge in [-0.3, -0.25) is 4.79 Å². The minimum Gasteiger partial charge on any atom is -0.350 e. The summed E-state index contributed by atoms with van der Waals surface area (Å²) in [5.74, 6) is 0.429. The monoisotopic (exact) mass is 244 g/mol. The quantitative estimate of drug-likeness (QED) is 0.899. The molecule has 1 N–H and O–H groups in total. The number of nitrogens with zero attached hydrogens (tertiary/aromatic N) is 1. The molecule has 2 aromatic rings. The maximum Gasteiger partial charge on any atom is 0.289 e. The van der Waals surface area contributed by atoms with Crippen molar-refractivity contribution in [3.8, 4) is 11.3 Å². The van der Waals surface area contributed by atoms with E-state index in [4.69, 9.17) is 4.52 Å². The third-order valence-corrected chi connectivity index (χ3v) is 2.47. The molecule has 0 unspecified atom stereocenters. The Balaban J connectivity index is 2.09. The standard InChI is InChI=1S/C14H16N2O2/c1-10(2)9-15-14(17)13-8-12(16-18-13)11-6-4-3-5-7-11/h3-8,10H,9H2,1-2H3,(H,15,17). The van der Waals surface area contributed by atoms with Crippen LogP contribution in [0.4, 0.5) is 0 Å². The van der Waals surface area contributed by atoms with Crippen LogP contribution >= 0.6 is 0 Å². The van der Waals surface area contributed by atoms with E-state index < -0.39 is 0 Å². The molecule has 0 saturated heterocycles. The molecule has 0 bridgehead atoms. The molecule has 0 aliphatic heterocycles. The number of aromatic nitrogens is 1. The molecule has 0 saturated carbocycles. The lowest BCUT2D eigenvalue weighted by atomic mass is 10.1. The largest absolute Gasteiger partial charge is 0.350 e. The van der Waals surface area contributed by atoms with Crippen molar-refractivity contribution in [1.82, 2.24) is 10.5 Å². The predicted octanol–water partition coefficient (Wildman–Crippen LogP) is 2.73. The first-order valence-electron chi connectivity index (χ1n) is 5.97. The van der Waals surface area contributed by atoms with Crippen molar-refractivity contribution < 1.29 is 9.32 Å². The summed E-state index contributed by atoms with van der Waals surface area (Å²) in [7, 11) is 0. The van der Waals surface area contributed by atoms with E-state index in [2.05, 4.69) is 10.5 Å². The van der Waals surface area contributed by atoms with Crippen molar-refractivity contribution in [3.05, 3.63) is 42.2 Å². The fourth-order valence-electron chi connectivity index (χ4n) is 1.51. The zero-order valence-electron chi connectivity index (χ0n) is 10.5. The Morgan fingerprint density at radius 1 is 1.33 bits per heavy atom. The highest BCUT2D eigenvalue weighted by atomic mass is 16.5. The normalized spacial score (nSPS) is 10.6. The van der Waals surface area contributed by atoms with Gasteiger partial charge in [0.25, 0.3) is 5.91 Å². The second kappa shape index (κ2) is 5.49. The van der Waals surface area contributed by atoms with E-state index in [1.807, 2.05) is 44.2 Å². The van der Waals surface area contributed by atoms with Crippen molar-refractivity contribution in [2.75, 3.05) is 6.54 Å². The van der Waals surface area contributed by atoms with Crippen LogP contribution < -0.4 is 5.32 Å². The average Bonchev–Trinajstić information content (AvgIpc) is 2.86. The van der Waals surface area contributed by atoms with Gasteiger partial charge in [-0.05, 0) is 5.92 Å². The van der Waals surface area contributed by atoms with E-state index in [1.165, 1.54) is 0 Å². The molecular formula is C14H16N2O2. The van der Waals surface area contributed by atoms with Gasteiger partial charge in [-0.1, -0.05) is 49.3 Å². The zero-order valence-corrected chi connectivity index (χ0v) is 10.5. The summed E-state index contributed by atoms with van der Waals surface area (Å²) in [6.45, 7) is 4.70. The lowest BCUT2D eigenvalue weighted by molar-refractivity contribution is 0.0912. The molecule has 0 fully saturated rings. The number of rotatable bonds is 4. The van der Waals surface area contributed by atoms with Gasteiger partial charge in [-0.2, -0.15) is 0 Å². The van der Waals surface area contributed by atoms with Gasteiger partial charge < -0.3 is 9.84 Å². The Bertz CT molecular complexity index is 518. The van der Waals surface area contributed by atoms with Crippen LogP contribution in [0.3, 0.4) is 0 Å². The van der Waals surface area contributed by atoms with Crippen LogP contribution in [0.2, 0.25) is 0 Å². The SMILES string of the molecule is CC(C)CNC(=O)c1cc(-c2ccccc2)no1. The molecule has 0 atom stereocenters. The second-order valence-electron chi connectivity index (χ2n) is 4.55. The van der Waals surface area contributed by atoms with Gasteiger partial charge in [0, 0.05) is 18.2 Å². The minimum absolute atomic E-state index is 0.224. The minimum atomic E-state index is -0.224. The topological polar surface area (TPSA) is 55.1 Å². The maximum absolute atomic E-state index is 11.7. The van der Waals surface area contributed by atoms with Crippen molar-refractivity contribution in [3.63, 3.8) is 0 Å². The molecule has 0 radical (unpaired) electrons. The van der Waals surface area contributed by atoms with E-state index in [0.29, 0.717) is 18.2 Å². The number of carbonyl (C=O) groups excluding carboxylic acids is 1. The number of hydrogen-bond acceptors (Lipinski definition) is 3. The number of hydrogen-bond donors (Lipinski definition) is 1. The van der Waals surface area contributed by atoms with E-state index in [9.17, 15) is 4.79 Å². The van der Waals surface area contributed by atoms with Crippen LogP contribution in [0, 0.1) is 5.92 Å². The zero-order chi connectivity index (χ0) is 13.0. The average molecular weight is 244 g/mol.